The minimum atomic E-state index is -0.278. The number of carbonyl (C=O) groups is 1. The summed E-state index contributed by atoms with van der Waals surface area (Å²) in [7, 11) is 0. The molecule has 0 N–H and O–H groups in total. The van der Waals surface area contributed by atoms with Crippen LogP contribution in [0.5, 0.6) is 0 Å². The second-order valence-corrected chi connectivity index (χ2v) is 1.68. The van der Waals surface area contributed by atoms with E-state index in [1.807, 2.05) is 6.92 Å². The summed E-state index contributed by atoms with van der Waals surface area (Å²) in [5, 5.41) is 0. The van der Waals surface area contributed by atoms with Crippen LogP contribution in [0.1, 0.15) is 42.5 Å². The van der Waals surface area contributed by atoms with Crippen LogP contribution in [-0.4, -0.2) is 12.6 Å². The molecule has 0 aromatic heterocycles. The first-order valence-corrected chi connectivity index (χ1v) is 3.07. The van der Waals surface area contributed by atoms with Gasteiger partial charge < -0.3 is 4.74 Å². The van der Waals surface area contributed by atoms with Gasteiger partial charge in [-0.2, -0.15) is 0 Å². The van der Waals surface area contributed by atoms with Gasteiger partial charge in [0.25, 0.3) is 0 Å². The van der Waals surface area contributed by atoms with Crippen LogP contribution >= 0.6 is 0 Å². The van der Waals surface area contributed by atoms with Crippen LogP contribution in [0.25, 0.3) is 0 Å². The van der Waals surface area contributed by atoms with Gasteiger partial charge in [-0.1, -0.05) is 35.8 Å². The Bertz CT molecular complexity index is 117. The van der Waals surface area contributed by atoms with Crippen molar-refractivity contribution in [3.8, 4) is 0 Å². The quantitative estimate of drug-likeness (QED) is 0.486. The Morgan fingerprint density at radius 3 is 1.92 bits per heavy atom. The molecular formula is C10H24O2. The Hall–Kier alpha value is -0.790. The molecule has 0 heterocycles. The van der Waals surface area contributed by atoms with Crippen molar-refractivity contribution in [3.05, 3.63) is 12.2 Å². The standard InChI is InChI=1S/C7H12O2.3CH4/c1-4-6(3)7(8)9-5-2;;;/h3-5H2,1-2H3;3*1H4. The smallest absolute Gasteiger partial charge is 0.333 e. The first-order chi connectivity index (χ1) is 4.22. The van der Waals surface area contributed by atoms with Crippen LogP contribution in [0.2, 0.25) is 0 Å². The van der Waals surface area contributed by atoms with E-state index in [-0.39, 0.29) is 28.2 Å². The predicted octanol–water partition coefficient (Wildman–Crippen LogP) is 3.42. The van der Waals surface area contributed by atoms with E-state index in [1.165, 1.54) is 0 Å². The van der Waals surface area contributed by atoms with Gasteiger partial charge in [0.1, 0.15) is 0 Å². The van der Waals surface area contributed by atoms with Gasteiger partial charge in [0.15, 0.2) is 0 Å². The Kier molecular flexibility index (Phi) is 24.1. The van der Waals surface area contributed by atoms with E-state index in [9.17, 15) is 4.79 Å². The minimum Gasteiger partial charge on any atom is -0.463 e. The molecule has 0 amide bonds. The van der Waals surface area contributed by atoms with Gasteiger partial charge in [0, 0.05) is 5.57 Å². The lowest BCUT2D eigenvalue weighted by molar-refractivity contribution is -0.138. The monoisotopic (exact) mass is 176 g/mol. The maximum atomic E-state index is 10.7. The molecule has 12 heavy (non-hydrogen) atoms. The van der Waals surface area contributed by atoms with Crippen LogP contribution in [0.15, 0.2) is 12.2 Å². The van der Waals surface area contributed by atoms with Gasteiger partial charge in [-0.3, -0.25) is 0 Å². The van der Waals surface area contributed by atoms with E-state index in [1.54, 1.807) is 6.92 Å². The number of rotatable bonds is 3. The van der Waals surface area contributed by atoms with Crippen molar-refractivity contribution >= 4 is 5.97 Å². The maximum absolute atomic E-state index is 10.7. The molecule has 0 bridgehead atoms. The Labute approximate surface area is 77.6 Å². The van der Waals surface area contributed by atoms with Crippen molar-refractivity contribution in [2.75, 3.05) is 6.61 Å². The summed E-state index contributed by atoms with van der Waals surface area (Å²) in [5.74, 6) is -0.278. The molecule has 0 aromatic carbocycles. The highest BCUT2D eigenvalue weighted by Gasteiger charge is 2.02. The van der Waals surface area contributed by atoms with Crippen LogP contribution in [0, 0.1) is 0 Å². The summed E-state index contributed by atoms with van der Waals surface area (Å²) >= 11 is 0. The zero-order valence-corrected chi connectivity index (χ0v) is 5.94. The molecule has 0 aliphatic carbocycles. The second kappa shape index (κ2) is 12.8. The first-order valence-electron chi connectivity index (χ1n) is 3.07. The lowest BCUT2D eigenvalue weighted by atomic mass is 10.2. The fourth-order valence-corrected chi connectivity index (χ4v) is 0.377. The Morgan fingerprint density at radius 2 is 1.67 bits per heavy atom. The molecule has 0 rings (SSSR count). The molecule has 0 aromatic rings. The minimum absolute atomic E-state index is 0. The normalized spacial score (nSPS) is 6.50. The molecule has 2 nitrogen and oxygen atoms in total. The molecule has 0 saturated heterocycles. The fraction of sp³-hybridized carbons (Fsp3) is 0.700. The van der Waals surface area contributed by atoms with Gasteiger partial charge >= 0.3 is 5.97 Å². The lowest BCUT2D eigenvalue weighted by Crippen LogP contribution is -2.05. The summed E-state index contributed by atoms with van der Waals surface area (Å²) in [5.41, 5.74) is 0.539. The fourth-order valence-electron chi connectivity index (χ4n) is 0.377. The van der Waals surface area contributed by atoms with Crippen LogP contribution in [-0.2, 0) is 9.53 Å². The third kappa shape index (κ3) is 9.21. The van der Waals surface area contributed by atoms with E-state index in [0.29, 0.717) is 18.6 Å². The SMILES string of the molecule is C.C.C.C=C(CC)C(=O)OCC. The molecule has 0 radical (unpaired) electrons. The van der Waals surface area contributed by atoms with Gasteiger partial charge in [0.2, 0.25) is 0 Å². The average molecular weight is 176 g/mol. The van der Waals surface area contributed by atoms with E-state index in [4.69, 9.17) is 0 Å². The van der Waals surface area contributed by atoms with Crippen LogP contribution < -0.4 is 0 Å². The van der Waals surface area contributed by atoms with Gasteiger partial charge in [0.05, 0.1) is 6.61 Å². The van der Waals surface area contributed by atoms with Crippen LogP contribution in [0.3, 0.4) is 0 Å². The molecule has 76 valence electrons. The summed E-state index contributed by atoms with van der Waals surface area (Å²) in [4.78, 5) is 10.7. The zero-order chi connectivity index (χ0) is 7.28. The van der Waals surface area contributed by atoms with Crippen molar-refractivity contribution in [2.45, 2.75) is 42.5 Å². The Balaban J connectivity index is -0.000000107. The highest BCUT2D eigenvalue weighted by molar-refractivity contribution is 5.87. The van der Waals surface area contributed by atoms with Gasteiger partial charge in [-0.15, -0.1) is 0 Å². The molecule has 0 unspecified atom stereocenters. The van der Waals surface area contributed by atoms with Crippen molar-refractivity contribution in [2.24, 2.45) is 0 Å². The predicted molar refractivity (Wildman–Crippen MR) is 56.3 cm³/mol. The molecule has 0 fully saturated rings. The topological polar surface area (TPSA) is 26.3 Å². The molecule has 0 aliphatic rings. The highest BCUT2D eigenvalue weighted by atomic mass is 16.5. The summed E-state index contributed by atoms with van der Waals surface area (Å²) < 4.78 is 4.66. The molecule has 0 aliphatic heterocycles. The first kappa shape index (κ1) is 22.5. The van der Waals surface area contributed by atoms with Gasteiger partial charge in [-0.05, 0) is 13.3 Å². The molecular weight excluding hydrogens is 152 g/mol. The van der Waals surface area contributed by atoms with E-state index in [2.05, 4.69) is 11.3 Å². The summed E-state index contributed by atoms with van der Waals surface area (Å²) in [6.07, 6.45) is 0.666. The molecule has 0 spiro atoms. The van der Waals surface area contributed by atoms with Gasteiger partial charge in [-0.25, -0.2) is 4.79 Å². The van der Waals surface area contributed by atoms with Crippen molar-refractivity contribution in [3.63, 3.8) is 0 Å². The molecule has 0 atom stereocenters. The second-order valence-electron chi connectivity index (χ2n) is 1.68. The van der Waals surface area contributed by atoms with Crippen molar-refractivity contribution in [1.82, 2.24) is 0 Å². The van der Waals surface area contributed by atoms with E-state index >= 15 is 0 Å². The lowest BCUT2D eigenvalue weighted by Gasteiger charge is -1.99. The summed E-state index contributed by atoms with van der Waals surface area (Å²) in [6, 6.07) is 0. The molecule has 2 heteroatoms. The zero-order valence-electron chi connectivity index (χ0n) is 5.94. The third-order valence-corrected chi connectivity index (χ3v) is 0.991. The number of carbonyl (C=O) groups excluding carboxylic acids is 1. The van der Waals surface area contributed by atoms with Crippen molar-refractivity contribution < 1.29 is 9.53 Å². The van der Waals surface area contributed by atoms with E-state index < -0.39 is 0 Å². The third-order valence-electron chi connectivity index (χ3n) is 0.991. The average Bonchev–Trinajstić information content (AvgIpc) is 1.87. The number of ether oxygens (including phenoxy) is 1. The highest BCUT2D eigenvalue weighted by Crippen LogP contribution is 1.98. The largest absolute Gasteiger partial charge is 0.463 e. The maximum Gasteiger partial charge on any atom is 0.333 e. The number of esters is 1. The summed E-state index contributed by atoms with van der Waals surface area (Å²) in [6.45, 7) is 7.60. The van der Waals surface area contributed by atoms with Crippen molar-refractivity contribution in [1.29, 1.82) is 0 Å². The molecule has 0 saturated carbocycles. The van der Waals surface area contributed by atoms with Crippen LogP contribution in [0.4, 0.5) is 0 Å². The Morgan fingerprint density at radius 1 is 1.25 bits per heavy atom. The number of hydrogen-bond acceptors (Lipinski definition) is 2. The number of hydrogen-bond donors (Lipinski definition) is 0. The van der Waals surface area contributed by atoms with E-state index in [0.717, 1.165) is 0 Å².